The van der Waals surface area contributed by atoms with E-state index in [-0.39, 0.29) is 17.0 Å². The lowest BCUT2D eigenvalue weighted by Crippen LogP contribution is -2.22. The fourth-order valence-corrected chi connectivity index (χ4v) is 2.46. The van der Waals surface area contributed by atoms with Crippen LogP contribution in [0.5, 0.6) is 0 Å². The standard InChI is InChI=1S/C15H12FN3O3S/c1-9(13(20)17-11-5-2-4-10(16)8-11)23-15-19-18-14(22-15)12-6-3-7-21-12/h2-9H,1H3,(H,17,20)/t9-/m1/s1. The van der Waals surface area contributed by atoms with Gasteiger partial charge < -0.3 is 14.2 Å². The summed E-state index contributed by atoms with van der Waals surface area (Å²) in [6.45, 7) is 1.69. The van der Waals surface area contributed by atoms with Gasteiger partial charge in [-0.05, 0) is 37.3 Å². The number of aromatic nitrogens is 2. The van der Waals surface area contributed by atoms with E-state index in [1.807, 2.05) is 0 Å². The Morgan fingerprint density at radius 2 is 2.17 bits per heavy atom. The Labute approximate surface area is 135 Å². The smallest absolute Gasteiger partial charge is 0.284 e. The van der Waals surface area contributed by atoms with Gasteiger partial charge in [0, 0.05) is 5.69 Å². The van der Waals surface area contributed by atoms with Gasteiger partial charge in [0.1, 0.15) is 5.82 Å². The van der Waals surface area contributed by atoms with Crippen molar-refractivity contribution in [1.82, 2.24) is 10.2 Å². The summed E-state index contributed by atoms with van der Waals surface area (Å²) < 4.78 is 23.7. The molecule has 118 valence electrons. The van der Waals surface area contributed by atoms with Crippen LogP contribution < -0.4 is 5.32 Å². The van der Waals surface area contributed by atoms with E-state index in [0.29, 0.717) is 11.4 Å². The van der Waals surface area contributed by atoms with E-state index in [0.717, 1.165) is 11.8 Å². The molecule has 0 aliphatic rings. The number of amides is 1. The van der Waals surface area contributed by atoms with Crippen molar-refractivity contribution < 1.29 is 18.0 Å². The minimum Gasteiger partial charge on any atom is -0.459 e. The van der Waals surface area contributed by atoms with E-state index >= 15 is 0 Å². The van der Waals surface area contributed by atoms with Gasteiger partial charge in [-0.3, -0.25) is 4.79 Å². The van der Waals surface area contributed by atoms with E-state index in [4.69, 9.17) is 8.83 Å². The lowest BCUT2D eigenvalue weighted by molar-refractivity contribution is -0.115. The minimum atomic E-state index is -0.497. The van der Waals surface area contributed by atoms with Gasteiger partial charge in [-0.15, -0.1) is 10.2 Å². The maximum absolute atomic E-state index is 13.1. The first-order valence-electron chi connectivity index (χ1n) is 6.72. The second-order valence-electron chi connectivity index (χ2n) is 4.61. The highest BCUT2D eigenvalue weighted by molar-refractivity contribution is 8.00. The number of carbonyl (C=O) groups is 1. The third kappa shape index (κ3) is 3.78. The lowest BCUT2D eigenvalue weighted by Gasteiger charge is -2.09. The number of nitrogens with zero attached hydrogens (tertiary/aromatic N) is 2. The van der Waals surface area contributed by atoms with Gasteiger partial charge in [0.05, 0.1) is 11.5 Å². The van der Waals surface area contributed by atoms with Crippen molar-refractivity contribution in [3.05, 3.63) is 48.5 Å². The summed E-state index contributed by atoms with van der Waals surface area (Å²) >= 11 is 1.11. The number of hydrogen-bond donors (Lipinski definition) is 1. The quantitative estimate of drug-likeness (QED) is 0.719. The zero-order valence-corrected chi connectivity index (χ0v) is 12.8. The average Bonchev–Trinajstić information content (AvgIpc) is 3.17. The number of hydrogen-bond acceptors (Lipinski definition) is 6. The minimum absolute atomic E-state index is 0.246. The van der Waals surface area contributed by atoms with Crippen molar-refractivity contribution in [2.45, 2.75) is 17.4 Å². The van der Waals surface area contributed by atoms with Gasteiger partial charge in [0.15, 0.2) is 5.76 Å². The van der Waals surface area contributed by atoms with E-state index in [2.05, 4.69) is 15.5 Å². The molecule has 0 radical (unpaired) electrons. The largest absolute Gasteiger partial charge is 0.459 e. The first kappa shape index (κ1) is 15.3. The topological polar surface area (TPSA) is 81.2 Å². The third-order valence-electron chi connectivity index (χ3n) is 2.88. The van der Waals surface area contributed by atoms with Gasteiger partial charge in [-0.25, -0.2) is 4.39 Å². The second-order valence-corrected chi connectivity index (χ2v) is 5.90. The van der Waals surface area contributed by atoms with Crippen LogP contribution in [0.1, 0.15) is 6.92 Å². The van der Waals surface area contributed by atoms with Crippen LogP contribution in [0.15, 0.2) is 56.7 Å². The van der Waals surface area contributed by atoms with Crippen LogP contribution >= 0.6 is 11.8 Å². The Hall–Kier alpha value is -2.61. The van der Waals surface area contributed by atoms with Crippen molar-refractivity contribution in [1.29, 1.82) is 0 Å². The Morgan fingerprint density at radius 1 is 1.30 bits per heavy atom. The highest BCUT2D eigenvalue weighted by atomic mass is 32.2. The summed E-state index contributed by atoms with van der Waals surface area (Å²) in [6.07, 6.45) is 1.50. The third-order valence-corrected chi connectivity index (χ3v) is 3.81. The predicted octanol–water partition coefficient (Wildman–Crippen LogP) is 3.59. The highest BCUT2D eigenvalue weighted by Crippen LogP contribution is 2.26. The molecule has 1 N–H and O–H groups in total. The Bertz CT molecular complexity index is 804. The van der Waals surface area contributed by atoms with E-state index in [1.165, 1.54) is 24.5 Å². The number of anilines is 1. The Kier molecular flexibility index (Phi) is 4.42. The summed E-state index contributed by atoms with van der Waals surface area (Å²) in [5, 5.41) is 10.1. The van der Waals surface area contributed by atoms with Gasteiger partial charge in [-0.2, -0.15) is 0 Å². The average molecular weight is 333 g/mol. The molecule has 8 heteroatoms. The number of benzene rings is 1. The van der Waals surface area contributed by atoms with Crippen molar-refractivity contribution in [2.75, 3.05) is 5.32 Å². The van der Waals surface area contributed by atoms with E-state index < -0.39 is 11.1 Å². The predicted molar refractivity (Wildman–Crippen MR) is 82.3 cm³/mol. The molecule has 23 heavy (non-hydrogen) atoms. The van der Waals surface area contributed by atoms with Crippen LogP contribution in [-0.2, 0) is 4.79 Å². The van der Waals surface area contributed by atoms with Crippen molar-refractivity contribution in [3.63, 3.8) is 0 Å². The van der Waals surface area contributed by atoms with Crippen LogP contribution in [0.3, 0.4) is 0 Å². The lowest BCUT2D eigenvalue weighted by atomic mass is 10.3. The molecule has 3 aromatic rings. The van der Waals surface area contributed by atoms with E-state index in [1.54, 1.807) is 25.1 Å². The molecule has 0 unspecified atom stereocenters. The molecule has 0 spiro atoms. The number of thioether (sulfide) groups is 1. The Morgan fingerprint density at radius 3 is 2.91 bits per heavy atom. The molecule has 0 saturated heterocycles. The number of furan rings is 1. The molecular formula is C15H12FN3O3S. The van der Waals surface area contributed by atoms with Gasteiger partial charge in [0.2, 0.25) is 5.91 Å². The van der Waals surface area contributed by atoms with Crippen molar-refractivity contribution in [3.8, 4) is 11.7 Å². The number of halogens is 1. The van der Waals surface area contributed by atoms with Gasteiger partial charge >= 0.3 is 0 Å². The molecule has 0 saturated carbocycles. The molecule has 6 nitrogen and oxygen atoms in total. The zero-order valence-electron chi connectivity index (χ0n) is 12.0. The molecule has 2 heterocycles. The van der Waals surface area contributed by atoms with Crippen LogP contribution in [0.4, 0.5) is 10.1 Å². The molecule has 1 aromatic carbocycles. The summed E-state index contributed by atoms with van der Waals surface area (Å²) in [7, 11) is 0. The first-order chi connectivity index (χ1) is 11.1. The van der Waals surface area contributed by atoms with Crippen LogP contribution in [-0.4, -0.2) is 21.4 Å². The number of nitrogens with one attached hydrogen (secondary N) is 1. The number of rotatable bonds is 5. The number of carbonyl (C=O) groups excluding carboxylic acids is 1. The summed E-state index contributed by atoms with van der Waals surface area (Å²) in [4.78, 5) is 12.1. The van der Waals surface area contributed by atoms with Crippen LogP contribution in [0.2, 0.25) is 0 Å². The van der Waals surface area contributed by atoms with Crippen LogP contribution in [0, 0.1) is 5.82 Å². The van der Waals surface area contributed by atoms with Crippen molar-refractivity contribution >= 4 is 23.4 Å². The fraction of sp³-hybridized carbons (Fsp3) is 0.133. The maximum Gasteiger partial charge on any atom is 0.284 e. The SMILES string of the molecule is C[C@@H](Sc1nnc(-c2ccco2)o1)C(=O)Nc1cccc(F)c1. The van der Waals surface area contributed by atoms with Crippen LogP contribution in [0.25, 0.3) is 11.7 Å². The molecule has 0 fully saturated rings. The van der Waals surface area contributed by atoms with Crippen molar-refractivity contribution in [2.24, 2.45) is 0 Å². The Balaban J connectivity index is 1.62. The molecule has 0 aliphatic heterocycles. The van der Waals surface area contributed by atoms with E-state index in [9.17, 15) is 9.18 Å². The molecule has 1 amide bonds. The molecule has 3 rings (SSSR count). The molecule has 1 atom stereocenters. The summed E-state index contributed by atoms with van der Waals surface area (Å²) in [6, 6.07) is 9.10. The van der Waals surface area contributed by atoms with Gasteiger partial charge in [-0.1, -0.05) is 17.8 Å². The zero-order chi connectivity index (χ0) is 16.2. The molecule has 0 aliphatic carbocycles. The fourth-order valence-electron chi connectivity index (χ4n) is 1.77. The monoisotopic (exact) mass is 333 g/mol. The summed E-state index contributed by atoms with van der Waals surface area (Å²) in [5.41, 5.74) is 0.393. The normalized spacial score (nSPS) is 12.1. The second kappa shape index (κ2) is 6.66. The first-order valence-corrected chi connectivity index (χ1v) is 7.60. The molecule has 2 aromatic heterocycles. The van der Waals surface area contributed by atoms with Gasteiger partial charge in [0.25, 0.3) is 11.1 Å². The molecular weight excluding hydrogens is 321 g/mol. The highest BCUT2D eigenvalue weighted by Gasteiger charge is 2.19. The molecule has 0 bridgehead atoms. The maximum atomic E-state index is 13.1. The summed E-state index contributed by atoms with van der Waals surface area (Å²) in [5.74, 6) is -0.00194.